The van der Waals surface area contributed by atoms with Crippen LogP contribution in [0.4, 0.5) is 0 Å². The minimum Gasteiger partial charge on any atom is -0.424 e. The van der Waals surface area contributed by atoms with Crippen LogP contribution in [0.25, 0.3) is 5.52 Å². The van der Waals surface area contributed by atoms with Crippen molar-refractivity contribution in [2.45, 2.75) is 13.8 Å². The van der Waals surface area contributed by atoms with E-state index in [-0.39, 0.29) is 16.8 Å². The highest BCUT2D eigenvalue weighted by molar-refractivity contribution is 5.73. The summed E-state index contributed by atoms with van der Waals surface area (Å²) in [7, 11) is 0. The third-order valence-electron chi connectivity index (χ3n) is 1.96. The molecule has 2 heterocycles. The summed E-state index contributed by atoms with van der Waals surface area (Å²) >= 11 is 0. The van der Waals surface area contributed by atoms with Crippen LogP contribution in [0.5, 0.6) is 5.75 Å². The number of hydrogen-bond donors (Lipinski definition) is 1. The molecule has 0 saturated carbocycles. The summed E-state index contributed by atoms with van der Waals surface area (Å²) in [5, 5.41) is 3.94. The lowest BCUT2D eigenvalue weighted by atomic mass is 10.4. The molecule has 78 valence electrons. The Hall–Kier alpha value is -2.11. The quantitative estimate of drug-likeness (QED) is 0.680. The number of nitrogens with one attached hydrogen (secondary N) is 1. The predicted molar refractivity (Wildman–Crippen MR) is 51.9 cm³/mol. The summed E-state index contributed by atoms with van der Waals surface area (Å²) in [5.41, 5.74) is 0.631. The van der Waals surface area contributed by atoms with Gasteiger partial charge in [-0.15, -0.1) is 0 Å². The number of hydrogen-bond acceptors (Lipinski definition) is 4. The van der Waals surface area contributed by atoms with E-state index in [0.29, 0.717) is 0 Å². The van der Waals surface area contributed by atoms with E-state index in [1.165, 1.54) is 17.8 Å². The van der Waals surface area contributed by atoms with E-state index >= 15 is 0 Å². The number of aryl methyl sites for hydroxylation is 1. The van der Waals surface area contributed by atoms with Crippen LogP contribution in [0.3, 0.4) is 0 Å². The van der Waals surface area contributed by atoms with E-state index in [9.17, 15) is 9.59 Å². The maximum absolute atomic E-state index is 11.5. The Bertz CT molecular complexity index is 582. The largest absolute Gasteiger partial charge is 0.424 e. The first-order chi connectivity index (χ1) is 7.09. The predicted octanol–water partition coefficient (Wildman–Crippen LogP) is 0.256. The van der Waals surface area contributed by atoms with Gasteiger partial charge in [-0.2, -0.15) is 5.10 Å². The van der Waals surface area contributed by atoms with Crippen LogP contribution in [-0.4, -0.2) is 20.6 Å². The monoisotopic (exact) mass is 207 g/mol. The van der Waals surface area contributed by atoms with Gasteiger partial charge < -0.3 is 9.72 Å². The van der Waals surface area contributed by atoms with Crippen molar-refractivity contribution in [1.29, 1.82) is 0 Å². The number of carbonyl (C=O) groups excluding carboxylic acids is 1. The summed E-state index contributed by atoms with van der Waals surface area (Å²) in [4.78, 5) is 24.7. The Morgan fingerprint density at radius 1 is 1.60 bits per heavy atom. The molecule has 0 spiro atoms. The number of rotatable bonds is 1. The minimum absolute atomic E-state index is 0.231. The standard InChI is InChI=1S/C9H9N3O3/c1-5-3-7(15-6(2)13)8-9(14)10-4-11-12(5)8/h3-4H,1-2H3,(H,10,11,14). The van der Waals surface area contributed by atoms with Crippen molar-refractivity contribution in [3.05, 3.63) is 28.4 Å². The van der Waals surface area contributed by atoms with Crippen LogP contribution in [-0.2, 0) is 4.79 Å². The van der Waals surface area contributed by atoms with Crippen LogP contribution in [0.2, 0.25) is 0 Å². The van der Waals surface area contributed by atoms with Crippen LogP contribution >= 0.6 is 0 Å². The third kappa shape index (κ3) is 1.50. The number of aromatic nitrogens is 3. The van der Waals surface area contributed by atoms with Gasteiger partial charge in [0, 0.05) is 18.7 Å². The maximum atomic E-state index is 11.5. The van der Waals surface area contributed by atoms with Crippen molar-refractivity contribution in [3.8, 4) is 5.75 Å². The Kier molecular flexibility index (Phi) is 2.03. The van der Waals surface area contributed by atoms with Gasteiger partial charge in [-0.05, 0) is 6.92 Å². The second-order valence-corrected chi connectivity index (χ2v) is 3.12. The molecule has 15 heavy (non-hydrogen) atoms. The van der Waals surface area contributed by atoms with Crippen molar-refractivity contribution < 1.29 is 9.53 Å². The highest BCUT2D eigenvalue weighted by Crippen LogP contribution is 2.19. The van der Waals surface area contributed by atoms with Crippen molar-refractivity contribution >= 4 is 11.5 Å². The fourth-order valence-electron chi connectivity index (χ4n) is 1.40. The highest BCUT2D eigenvalue weighted by atomic mass is 16.5. The molecular formula is C9H9N3O3. The lowest BCUT2D eigenvalue weighted by Crippen LogP contribution is -2.12. The van der Waals surface area contributed by atoms with Gasteiger partial charge in [-0.1, -0.05) is 0 Å². The number of ether oxygens (including phenoxy) is 1. The van der Waals surface area contributed by atoms with E-state index in [1.54, 1.807) is 13.0 Å². The summed E-state index contributed by atoms with van der Waals surface area (Å²) in [5.74, 6) is -0.236. The summed E-state index contributed by atoms with van der Waals surface area (Å²) in [6, 6.07) is 1.60. The van der Waals surface area contributed by atoms with Crippen molar-refractivity contribution in [3.63, 3.8) is 0 Å². The molecular weight excluding hydrogens is 198 g/mol. The number of H-pyrrole nitrogens is 1. The number of esters is 1. The molecule has 0 amide bonds. The van der Waals surface area contributed by atoms with Crippen molar-refractivity contribution in [1.82, 2.24) is 14.6 Å². The van der Waals surface area contributed by atoms with E-state index in [1.807, 2.05) is 0 Å². The SMILES string of the molecule is CC(=O)Oc1cc(C)n2nc[nH]c(=O)c12. The summed E-state index contributed by atoms with van der Waals surface area (Å²) in [6.45, 7) is 3.05. The summed E-state index contributed by atoms with van der Waals surface area (Å²) in [6.07, 6.45) is 1.29. The Morgan fingerprint density at radius 2 is 2.33 bits per heavy atom. The molecule has 0 aliphatic rings. The Labute approximate surface area is 84.5 Å². The second-order valence-electron chi connectivity index (χ2n) is 3.12. The molecule has 0 aliphatic heterocycles. The third-order valence-corrected chi connectivity index (χ3v) is 1.96. The number of nitrogens with zero attached hydrogens (tertiary/aromatic N) is 2. The zero-order valence-corrected chi connectivity index (χ0v) is 8.27. The van der Waals surface area contributed by atoms with Gasteiger partial charge in [0.25, 0.3) is 5.56 Å². The molecule has 0 aliphatic carbocycles. The molecule has 2 aromatic heterocycles. The first-order valence-electron chi connectivity index (χ1n) is 4.34. The van der Waals surface area contributed by atoms with Crippen molar-refractivity contribution in [2.75, 3.05) is 0 Å². The van der Waals surface area contributed by atoms with Crippen LogP contribution in [0.15, 0.2) is 17.2 Å². The molecule has 0 radical (unpaired) electrons. The lowest BCUT2D eigenvalue weighted by Gasteiger charge is -1.97. The molecule has 0 saturated heterocycles. The van der Waals surface area contributed by atoms with Gasteiger partial charge in [0.05, 0.1) is 0 Å². The molecule has 2 rings (SSSR count). The van der Waals surface area contributed by atoms with Gasteiger partial charge in [0.2, 0.25) is 0 Å². The smallest absolute Gasteiger partial charge is 0.308 e. The summed E-state index contributed by atoms with van der Waals surface area (Å²) < 4.78 is 6.34. The van der Waals surface area contributed by atoms with Crippen LogP contribution in [0.1, 0.15) is 12.6 Å². The maximum Gasteiger partial charge on any atom is 0.308 e. The first-order valence-corrected chi connectivity index (χ1v) is 4.34. The molecule has 6 nitrogen and oxygen atoms in total. The van der Waals surface area contributed by atoms with Gasteiger partial charge in [-0.3, -0.25) is 9.59 Å². The molecule has 0 bridgehead atoms. The molecule has 0 unspecified atom stereocenters. The fraction of sp³-hybridized carbons (Fsp3) is 0.222. The van der Waals surface area contributed by atoms with Gasteiger partial charge >= 0.3 is 5.97 Å². The average Bonchev–Trinajstić information content (AvgIpc) is 2.44. The Morgan fingerprint density at radius 3 is 3.00 bits per heavy atom. The fourth-order valence-corrected chi connectivity index (χ4v) is 1.40. The molecule has 0 fully saturated rings. The van der Waals surface area contributed by atoms with Crippen LogP contribution in [0, 0.1) is 6.92 Å². The number of carbonyl (C=O) groups is 1. The molecule has 0 atom stereocenters. The van der Waals surface area contributed by atoms with Crippen LogP contribution < -0.4 is 10.3 Å². The first kappa shape index (κ1) is 9.45. The lowest BCUT2D eigenvalue weighted by molar-refractivity contribution is -0.131. The van der Waals surface area contributed by atoms with E-state index in [4.69, 9.17) is 4.74 Å². The molecule has 6 heteroatoms. The molecule has 0 aromatic carbocycles. The number of aromatic amines is 1. The molecule has 1 N–H and O–H groups in total. The Balaban J connectivity index is 2.75. The second kappa shape index (κ2) is 3.23. The van der Waals surface area contributed by atoms with E-state index < -0.39 is 5.97 Å². The average molecular weight is 207 g/mol. The zero-order chi connectivity index (χ0) is 11.0. The van der Waals surface area contributed by atoms with E-state index in [2.05, 4.69) is 10.1 Å². The normalized spacial score (nSPS) is 10.5. The van der Waals surface area contributed by atoms with E-state index in [0.717, 1.165) is 5.69 Å². The zero-order valence-electron chi connectivity index (χ0n) is 8.27. The van der Waals surface area contributed by atoms with Gasteiger partial charge in [-0.25, -0.2) is 4.52 Å². The molecule has 2 aromatic rings. The van der Waals surface area contributed by atoms with Gasteiger partial charge in [0.1, 0.15) is 6.33 Å². The minimum atomic E-state index is -0.467. The number of fused-ring (bicyclic) bond motifs is 1. The van der Waals surface area contributed by atoms with Crippen molar-refractivity contribution in [2.24, 2.45) is 0 Å². The van der Waals surface area contributed by atoms with Gasteiger partial charge in [0.15, 0.2) is 11.3 Å². The topological polar surface area (TPSA) is 76.5 Å². The highest BCUT2D eigenvalue weighted by Gasteiger charge is 2.13.